The quantitative estimate of drug-likeness (QED) is 0.762. The van der Waals surface area contributed by atoms with E-state index in [1.54, 1.807) is 0 Å². The Morgan fingerprint density at radius 2 is 2.17 bits per heavy atom. The lowest BCUT2D eigenvalue weighted by atomic mass is 10.1. The maximum atomic E-state index is 9.40. The second-order valence-corrected chi connectivity index (χ2v) is 4.25. The molecule has 0 fully saturated rings. The second-order valence-electron chi connectivity index (χ2n) is 4.25. The Kier molecular flexibility index (Phi) is 2.60. The highest BCUT2D eigenvalue weighted by molar-refractivity contribution is 5.83. The van der Waals surface area contributed by atoms with Gasteiger partial charge in [0.25, 0.3) is 0 Å². The van der Waals surface area contributed by atoms with Crippen molar-refractivity contribution in [3.8, 4) is 0 Å². The van der Waals surface area contributed by atoms with E-state index in [2.05, 4.69) is 10.3 Å². The van der Waals surface area contributed by atoms with Crippen molar-refractivity contribution >= 4 is 10.9 Å². The van der Waals surface area contributed by atoms with Crippen LogP contribution < -0.4 is 0 Å². The maximum absolute atomic E-state index is 9.40. The third-order valence-corrected chi connectivity index (χ3v) is 3.11. The molecule has 0 amide bonds. The molecule has 0 aliphatic heterocycles. The SMILES string of the molecule is Cc1nonc1Cn1ccc2cccc(CO)c21. The summed E-state index contributed by atoms with van der Waals surface area (Å²) < 4.78 is 6.75. The topological polar surface area (TPSA) is 64.1 Å². The molecule has 1 aromatic carbocycles. The predicted octanol–water partition coefficient (Wildman–Crippen LogP) is 1.87. The van der Waals surface area contributed by atoms with Crippen LogP contribution in [0.1, 0.15) is 17.0 Å². The standard InChI is InChI=1S/C13H13N3O2/c1-9-12(15-18-14-9)7-16-6-5-10-3-2-4-11(8-17)13(10)16/h2-6,17H,7-8H2,1H3. The average Bonchev–Trinajstić information content (AvgIpc) is 2.97. The molecule has 0 aliphatic rings. The molecule has 5 nitrogen and oxygen atoms in total. The second kappa shape index (κ2) is 4.27. The zero-order valence-electron chi connectivity index (χ0n) is 10.00. The molecule has 3 aromatic rings. The molecule has 0 saturated carbocycles. The first-order valence-electron chi connectivity index (χ1n) is 5.75. The first kappa shape index (κ1) is 11.0. The summed E-state index contributed by atoms with van der Waals surface area (Å²) in [4.78, 5) is 0. The number of nitrogens with zero attached hydrogens (tertiary/aromatic N) is 3. The highest BCUT2D eigenvalue weighted by Crippen LogP contribution is 2.21. The Hall–Kier alpha value is -2.14. The van der Waals surface area contributed by atoms with Gasteiger partial charge in [0.15, 0.2) is 0 Å². The number of rotatable bonds is 3. The molecule has 2 aromatic heterocycles. The number of para-hydroxylation sites is 1. The molecule has 0 unspecified atom stereocenters. The van der Waals surface area contributed by atoms with Gasteiger partial charge in [-0.15, -0.1) is 0 Å². The van der Waals surface area contributed by atoms with Crippen LogP contribution in [0.5, 0.6) is 0 Å². The van der Waals surface area contributed by atoms with E-state index >= 15 is 0 Å². The Morgan fingerprint density at radius 3 is 2.89 bits per heavy atom. The molecule has 0 atom stereocenters. The largest absolute Gasteiger partial charge is 0.392 e. The van der Waals surface area contributed by atoms with Crippen molar-refractivity contribution in [3.63, 3.8) is 0 Å². The number of hydrogen-bond acceptors (Lipinski definition) is 4. The Morgan fingerprint density at radius 1 is 1.28 bits per heavy atom. The van der Waals surface area contributed by atoms with Gasteiger partial charge in [0, 0.05) is 11.8 Å². The monoisotopic (exact) mass is 243 g/mol. The van der Waals surface area contributed by atoms with Crippen molar-refractivity contribution in [2.75, 3.05) is 0 Å². The van der Waals surface area contributed by atoms with Crippen molar-refractivity contribution in [1.29, 1.82) is 0 Å². The number of fused-ring (bicyclic) bond motifs is 1. The van der Waals surface area contributed by atoms with Gasteiger partial charge in [-0.05, 0) is 18.4 Å². The molecule has 0 radical (unpaired) electrons. The van der Waals surface area contributed by atoms with Gasteiger partial charge >= 0.3 is 0 Å². The van der Waals surface area contributed by atoms with E-state index in [-0.39, 0.29) is 6.61 Å². The Balaban J connectivity index is 2.10. The first-order valence-corrected chi connectivity index (χ1v) is 5.75. The smallest absolute Gasteiger partial charge is 0.127 e. The number of aliphatic hydroxyl groups excluding tert-OH is 1. The normalized spacial score (nSPS) is 11.2. The molecule has 0 saturated heterocycles. The van der Waals surface area contributed by atoms with Crippen LogP contribution in [0.4, 0.5) is 0 Å². The molecule has 2 heterocycles. The summed E-state index contributed by atoms with van der Waals surface area (Å²) >= 11 is 0. The zero-order chi connectivity index (χ0) is 12.5. The number of benzene rings is 1. The molecule has 3 rings (SSSR count). The molecule has 1 N–H and O–H groups in total. The number of aryl methyl sites for hydroxylation is 1. The van der Waals surface area contributed by atoms with E-state index in [9.17, 15) is 5.11 Å². The minimum absolute atomic E-state index is 0.0252. The predicted molar refractivity (Wildman–Crippen MR) is 66.0 cm³/mol. The maximum Gasteiger partial charge on any atom is 0.127 e. The van der Waals surface area contributed by atoms with Gasteiger partial charge in [0.1, 0.15) is 11.4 Å². The van der Waals surface area contributed by atoms with Crippen molar-refractivity contribution in [2.45, 2.75) is 20.1 Å². The summed E-state index contributed by atoms with van der Waals surface area (Å²) in [6.07, 6.45) is 1.98. The van der Waals surface area contributed by atoms with Gasteiger partial charge in [-0.25, -0.2) is 4.63 Å². The van der Waals surface area contributed by atoms with Gasteiger partial charge < -0.3 is 9.67 Å². The first-order chi connectivity index (χ1) is 8.79. The number of aromatic nitrogens is 3. The minimum atomic E-state index is 0.0252. The molecule has 18 heavy (non-hydrogen) atoms. The summed E-state index contributed by atoms with van der Waals surface area (Å²) in [6, 6.07) is 7.92. The Labute approximate surface area is 104 Å². The van der Waals surface area contributed by atoms with E-state index < -0.39 is 0 Å². The lowest BCUT2D eigenvalue weighted by Crippen LogP contribution is -2.02. The summed E-state index contributed by atoms with van der Waals surface area (Å²) in [6.45, 7) is 2.48. The van der Waals surface area contributed by atoms with Crippen LogP contribution in [0.3, 0.4) is 0 Å². The molecular weight excluding hydrogens is 230 g/mol. The molecule has 92 valence electrons. The lowest BCUT2D eigenvalue weighted by molar-refractivity contribution is 0.283. The van der Waals surface area contributed by atoms with Crippen molar-refractivity contribution in [2.24, 2.45) is 0 Å². The van der Waals surface area contributed by atoms with Crippen LogP contribution in [0.2, 0.25) is 0 Å². The molecule has 5 heteroatoms. The Bertz CT molecular complexity index is 684. The van der Waals surface area contributed by atoms with Crippen LogP contribution in [-0.4, -0.2) is 20.0 Å². The van der Waals surface area contributed by atoms with Gasteiger partial charge in [-0.3, -0.25) is 0 Å². The van der Waals surface area contributed by atoms with Crippen LogP contribution >= 0.6 is 0 Å². The summed E-state index contributed by atoms with van der Waals surface area (Å²) in [5.41, 5.74) is 3.53. The summed E-state index contributed by atoms with van der Waals surface area (Å²) in [7, 11) is 0. The van der Waals surface area contributed by atoms with Crippen molar-refractivity contribution in [1.82, 2.24) is 14.9 Å². The minimum Gasteiger partial charge on any atom is -0.392 e. The zero-order valence-corrected chi connectivity index (χ0v) is 10.00. The van der Waals surface area contributed by atoms with Crippen molar-refractivity contribution < 1.29 is 9.74 Å². The highest BCUT2D eigenvalue weighted by Gasteiger charge is 2.10. The highest BCUT2D eigenvalue weighted by atomic mass is 16.6. The van der Waals surface area contributed by atoms with E-state index in [1.807, 2.05) is 42.0 Å². The third kappa shape index (κ3) is 1.69. The van der Waals surface area contributed by atoms with E-state index in [1.165, 1.54) is 0 Å². The fourth-order valence-electron chi connectivity index (χ4n) is 2.15. The average molecular weight is 243 g/mol. The third-order valence-electron chi connectivity index (χ3n) is 3.11. The molecule has 0 spiro atoms. The molecular formula is C13H13N3O2. The molecule has 0 aliphatic carbocycles. The van der Waals surface area contributed by atoms with Gasteiger partial charge in [-0.1, -0.05) is 28.5 Å². The van der Waals surface area contributed by atoms with Crippen molar-refractivity contribution in [3.05, 3.63) is 47.4 Å². The van der Waals surface area contributed by atoms with E-state index in [0.717, 1.165) is 27.9 Å². The van der Waals surface area contributed by atoms with Gasteiger partial charge in [-0.2, -0.15) is 0 Å². The van der Waals surface area contributed by atoms with Crippen LogP contribution in [0.25, 0.3) is 10.9 Å². The van der Waals surface area contributed by atoms with Gasteiger partial charge in [0.05, 0.1) is 18.7 Å². The fourth-order valence-corrected chi connectivity index (χ4v) is 2.15. The number of hydrogen-bond donors (Lipinski definition) is 1. The summed E-state index contributed by atoms with van der Waals surface area (Å²) in [5, 5.41) is 18.2. The van der Waals surface area contributed by atoms with Crippen LogP contribution in [-0.2, 0) is 13.2 Å². The van der Waals surface area contributed by atoms with E-state index in [0.29, 0.717) is 6.54 Å². The number of aliphatic hydroxyl groups is 1. The van der Waals surface area contributed by atoms with E-state index in [4.69, 9.17) is 4.63 Å². The fraction of sp³-hybridized carbons (Fsp3) is 0.231. The molecule has 0 bridgehead atoms. The lowest BCUT2D eigenvalue weighted by Gasteiger charge is -2.06. The summed E-state index contributed by atoms with van der Waals surface area (Å²) in [5.74, 6) is 0. The van der Waals surface area contributed by atoms with Gasteiger partial charge in [0.2, 0.25) is 0 Å². The van der Waals surface area contributed by atoms with Crippen LogP contribution in [0.15, 0.2) is 35.1 Å². The van der Waals surface area contributed by atoms with Crippen LogP contribution in [0, 0.1) is 6.92 Å².